The van der Waals surface area contributed by atoms with Crippen LogP contribution in [-0.4, -0.2) is 16.5 Å². The second kappa shape index (κ2) is 6.21. The minimum atomic E-state index is 0.707. The number of nitrogens with one attached hydrogen (secondary N) is 2. The third kappa shape index (κ3) is 3.60. The molecule has 1 aromatic heterocycles. The maximum absolute atomic E-state index is 5.83. The monoisotopic (exact) mass is 262 g/mol. The molecule has 0 radical (unpaired) electrons. The van der Waals surface area contributed by atoms with E-state index in [4.69, 9.17) is 11.6 Å². The van der Waals surface area contributed by atoms with Gasteiger partial charge in [0.2, 0.25) is 0 Å². The minimum Gasteiger partial charge on any atom is -0.369 e. The highest BCUT2D eigenvalue weighted by Crippen LogP contribution is 2.17. The van der Waals surface area contributed by atoms with Crippen molar-refractivity contribution >= 4 is 28.9 Å². The molecule has 2 rings (SSSR count). The molecule has 0 aliphatic rings. The molecule has 2 aromatic rings. The van der Waals surface area contributed by atoms with Crippen LogP contribution >= 0.6 is 11.6 Å². The zero-order valence-corrected chi connectivity index (χ0v) is 10.9. The van der Waals surface area contributed by atoms with E-state index < -0.39 is 0 Å². The Balaban J connectivity index is 2.06. The summed E-state index contributed by atoms with van der Waals surface area (Å²) in [5.74, 6) is 1.48. The molecule has 1 heterocycles. The number of benzene rings is 1. The zero-order valence-electron chi connectivity index (χ0n) is 10.2. The van der Waals surface area contributed by atoms with E-state index in [9.17, 15) is 0 Å². The third-order valence-electron chi connectivity index (χ3n) is 2.31. The van der Waals surface area contributed by atoms with Gasteiger partial charge in [-0.25, -0.2) is 4.98 Å². The quantitative estimate of drug-likeness (QED) is 0.863. The van der Waals surface area contributed by atoms with Crippen LogP contribution in [0.5, 0.6) is 0 Å². The Morgan fingerprint density at radius 1 is 1.11 bits per heavy atom. The summed E-state index contributed by atoms with van der Waals surface area (Å²) >= 11 is 5.83. The summed E-state index contributed by atoms with van der Waals surface area (Å²) in [7, 11) is 0. The molecule has 2 N–H and O–H groups in total. The lowest BCUT2D eigenvalue weighted by molar-refractivity contribution is 0.965. The lowest BCUT2D eigenvalue weighted by atomic mass is 10.3. The van der Waals surface area contributed by atoms with Gasteiger partial charge in [0.05, 0.1) is 12.4 Å². The average Bonchev–Trinajstić information content (AvgIpc) is 2.40. The van der Waals surface area contributed by atoms with Crippen molar-refractivity contribution in [2.75, 3.05) is 17.2 Å². The van der Waals surface area contributed by atoms with E-state index in [1.54, 1.807) is 12.4 Å². The zero-order chi connectivity index (χ0) is 12.8. The van der Waals surface area contributed by atoms with Crippen LogP contribution in [0.4, 0.5) is 17.3 Å². The van der Waals surface area contributed by atoms with Crippen molar-refractivity contribution < 1.29 is 0 Å². The first kappa shape index (κ1) is 12.6. The SMILES string of the molecule is CCCNc1cncc(Nc2ccc(Cl)cc2)n1. The highest BCUT2D eigenvalue weighted by Gasteiger charge is 1.99. The van der Waals surface area contributed by atoms with Crippen LogP contribution < -0.4 is 10.6 Å². The number of hydrogen-bond donors (Lipinski definition) is 2. The van der Waals surface area contributed by atoms with Gasteiger partial charge in [-0.3, -0.25) is 4.98 Å². The Bertz CT molecular complexity index is 499. The molecule has 5 heteroatoms. The molecule has 94 valence electrons. The van der Waals surface area contributed by atoms with Gasteiger partial charge in [-0.05, 0) is 30.7 Å². The fraction of sp³-hybridized carbons (Fsp3) is 0.231. The highest BCUT2D eigenvalue weighted by molar-refractivity contribution is 6.30. The lowest BCUT2D eigenvalue weighted by Gasteiger charge is -2.08. The van der Waals surface area contributed by atoms with Gasteiger partial charge >= 0.3 is 0 Å². The van der Waals surface area contributed by atoms with Gasteiger partial charge in [0.15, 0.2) is 5.82 Å². The molecule has 0 saturated heterocycles. The van der Waals surface area contributed by atoms with Gasteiger partial charge in [-0.15, -0.1) is 0 Å². The van der Waals surface area contributed by atoms with Crippen molar-refractivity contribution in [2.24, 2.45) is 0 Å². The predicted octanol–water partition coefficient (Wildman–Crippen LogP) is 3.70. The standard InChI is InChI=1S/C13H15ClN4/c1-2-7-16-12-8-15-9-13(18-12)17-11-5-3-10(14)4-6-11/h3-6,8-9H,2,7H2,1H3,(H2,16,17,18). The molecular weight excluding hydrogens is 248 g/mol. The van der Waals surface area contributed by atoms with Crippen LogP contribution in [0.3, 0.4) is 0 Å². The molecule has 0 saturated carbocycles. The molecule has 0 unspecified atom stereocenters. The van der Waals surface area contributed by atoms with E-state index in [0.29, 0.717) is 10.8 Å². The molecule has 0 spiro atoms. The second-order valence-corrected chi connectivity index (χ2v) is 4.28. The Morgan fingerprint density at radius 2 is 1.83 bits per heavy atom. The number of hydrogen-bond acceptors (Lipinski definition) is 4. The summed E-state index contributed by atoms with van der Waals surface area (Å²) < 4.78 is 0. The van der Waals surface area contributed by atoms with Crippen LogP contribution in [0.25, 0.3) is 0 Å². The summed E-state index contributed by atoms with van der Waals surface area (Å²) in [6.07, 6.45) is 4.45. The van der Waals surface area contributed by atoms with Gasteiger partial charge in [0.1, 0.15) is 5.82 Å². The Labute approximate surface area is 111 Å². The van der Waals surface area contributed by atoms with E-state index in [-0.39, 0.29) is 0 Å². The summed E-state index contributed by atoms with van der Waals surface area (Å²) in [4.78, 5) is 8.55. The number of halogens is 1. The first-order valence-corrected chi connectivity index (χ1v) is 6.24. The Kier molecular flexibility index (Phi) is 4.36. The van der Waals surface area contributed by atoms with E-state index in [1.807, 2.05) is 24.3 Å². The largest absolute Gasteiger partial charge is 0.369 e. The van der Waals surface area contributed by atoms with Gasteiger partial charge < -0.3 is 10.6 Å². The summed E-state index contributed by atoms with van der Waals surface area (Å²) in [6, 6.07) is 7.46. The number of anilines is 3. The second-order valence-electron chi connectivity index (χ2n) is 3.85. The molecule has 0 amide bonds. The van der Waals surface area contributed by atoms with Crippen molar-refractivity contribution in [2.45, 2.75) is 13.3 Å². The summed E-state index contributed by atoms with van der Waals surface area (Å²) in [5, 5.41) is 7.08. The van der Waals surface area contributed by atoms with Gasteiger partial charge in [-0.1, -0.05) is 18.5 Å². The van der Waals surface area contributed by atoms with Crippen molar-refractivity contribution in [1.29, 1.82) is 0 Å². The van der Waals surface area contributed by atoms with Crippen LogP contribution in [0.1, 0.15) is 13.3 Å². The van der Waals surface area contributed by atoms with Crippen LogP contribution in [-0.2, 0) is 0 Å². The predicted molar refractivity (Wildman–Crippen MR) is 75.5 cm³/mol. The summed E-state index contributed by atoms with van der Waals surface area (Å²) in [5.41, 5.74) is 0.932. The van der Waals surface area contributed by atoms with Crippen molar-refractivity contribution in [3.8, 4) is 0 Å². The first-order valence-electron chi connectivity index (χ1n) is 5.86. The van der Waals surface area contributed by atoms with Crippen LogP contribution in [0.15, 0.2) is 36.7 Å². The minimum absolute atomic E-state index is 0.707. The summed E-state index contributed by atoms with van der Waals surface area (Å²) in [6.45, 7) is 3.00. The molecular formula is C13H15ClN4. The van der Waals surface area contributed by atoms with Crippen LogP contribution in [0, 0.1) is 0 Å². The molecule has 18 heavy (non-hydrogen) atoms. The molecule has 0 aliphatic carbocycles. The van der Waals surface area contributed by atoms with Crippen molar-refractivity contribution in [3.05, 3.63) is 41.7 Å². The maximum Gasteiger partial charge on any atom is 0.151 e. The van der Waals surface area contributed by atoms with Crippen LogP contribution in [0.2, 0.25) is 5.02 Å². The third-order valence-corrected chi connectivity index (χ3v) is 2.56. The maximum atomic E-state index is 5.83. The van der Waals surface area contributed by atoms with Crippen molar-refractivity contribution in [1.82, 2.24) is 9.97 Å². The van der Waals surface area contributed by atoms with Crippen molar-refractivity contribution in [3.63, 3.8) is 0 Å². The Morgan fingerprint density at radius 3 is 2.56 bits per heavy atom. The normalized spacial score (nSPS) is 10.1. The first-order chi connectivity index (χ1) is 8.78. The number of rotatable bonds is 5. The Hall–Kier alpha value is -1.81. The number of nitrogens with zero attached hydrogens (tertiary/aromatic N) is 2. The van der Waals surface area contributed by atoms with E-state index in [0.717, 1.165) is 24.5 Å². The molecule has 4 nitrogen and oxygen atoms in total. The molecule has 0 bridgehead atoms. The fourth-order valence-electron chi connectivity index (χ4n) is 1.45. The smallest absolute Gasteiger partial charge is 0.151 e. The number of aromatic nitrogens is 2. The fourth-order valence-corrected chi connectivity index (χ4v) is 1.57. The van der Waals surface area contributed by atoms with Gasteiger partial charge in [-0.2, -0.15) is 0 Å². The van der Waals surface area contributed by atoms with E-state index in [2.05, 4.69) is 27.5 Å². The van der Waals surface area contributed by atoms with E-state index in [1.165, 1.54) is 0 Å². The molecule has 0 fully saturated rings. The highest BCUT2D eigenvalue weighted by atomic mass is 35.5. The van der Waals surface area contributed by atoms with E-state index >= 15 is 0 Å². The van der Waals surface area contributed by atoms with Gasteiger partial charge in [0, 0.05) is 17.3 Å². The molecule has 0 atom stereocenters. The topological polar surface area (TPSA) is 49.8 Å². The van der Waals surface area contributed by atoms with Gasteiger partial charge in [0.25, 0.3) is 0 Å². The molecule has 0 aliphatic heterocycles. The molecule has 1 aromatic carbocycles. The average molecular weight is 263 g/mol. The lowest BCUT2D eigenvalue weighted by Crippen LogP contribution is -2.04.